The van der Waals surface area contributed by atoms with E-state index in [1.54, 1.807) is 26.5 Å². The Morgan fingerprint density at radius 2 is 2.22 bits per heavy atom. The smallest absolute Gasteiger partial charge is 0.239 e. The molecule has 6 nitrogen and oxygen atoms in total. The lowest BCUT2D eigenvalue weighted by molar-refractivity contribution is -0.119. The molecule has 0 atom stereocenters. The number of carbonyl (C=O) groups excluding carboxylic acids is 1. The maximum atomic E-state index is 11.4. The third-order valence-corrected chi connectivity index (χ3v) is 2.25. The Labute approximate surface area is 107 Å². The van der Waals surface area contributed by atoms with Gasteiger partial charge in [0.1, 0.15) is 0 Å². The Morgan fingerprint density at radius 3 is 2.83 bits per heavy atom. The first-order chi connectivity index (χ1) is 8.76. The summed E-state index contributed by atoms with van der Waals surface area (Å²) in [6.45, 7) is 1.49. The van der Waals surface area contributed by atoms with Crippen LogP contribution >= 0.6 is 0 Å². The van der Waals surface area contributed by atoms with Gasteiger partial charge in [-0.15, -0.1) is 0 Å². The molecule has 1 aromatic heterocycles. The number of pyridine rings is 1. The summed E-state index contributed by atoms with van der Waals surface area (Å²) in [6.07, 6.45) is 2.43. The van der Waals surface area contributed by atoms with E-state index in [2.05, 4.69) is 15.6 Å². The molecule has 0 aliphatic heterocycles. The van der Waals surface area contributed by atoms with E-state index in [4.69, 9.17) is 9.47 Å². The molecule has 0 aliphatic carbocycles. The van der Waals surface area contributed by atoms with Gasteiger partial charge in [0, 0.05) is 26.3 Å². The summed E-state index contributed by atoms with van der Waals surface area (Å²) < 4.78 is 9.83. The van der Waals surface area contributed by atoms with Gasteiger partial charge in [-0.25, -0.2) is 4.98 Å². The fourth-order valence-electron chi connectivity index (χ4n) is 1.29. The van der Waals surface area contributed by atoms with Gasteiger partial charge in [0.2, 0.25) is 11.8 Å². The first-order valence-corrected chi connectivity index (χ1v) is 5.76. The van der Waals surface area contributed by atoms with Crippen molar-refractivity contribution >= 4 is 11.6 Å². The highest BCUT2D eigenvalue weighted by Gasteiger charge is 2.01. The second-order valence-corrected chi connectivity index (χ2v) is 3.64. The predicted octanol–water partition coefficient (Wildman–Crippen LogP) is 0.655. The standard InChI is InChI=1S/C12H19N3O3/c1-17-7-3-6-13-11(16)9-14-10-4-5-12(18-2)15-8-10/h4-5,8,14H,3,6-7,9H2,1-2H3,(H,13,16). The Hall–Kier alpha value is -1.82. The summed E-state index contributed by atoms with van der Waals surface area (Å²) in [4.78, 5) is 15.5. The van der Waals surface area contributed by atoms with Crippen molar-refractivity contribution in [2.75, 3.05) is 39.2 Å². The van der Waals surface area contributed by atoms with Gasteiger partial charge in [-0.1, -0.05) is 0 Å². The molecule has 100 valence electrons. The van der Waals surface area contributed by atoms with Crippen LogP contribution < -0.4 is 15.4 Å². The molecule has 0 aromatic carbocycles. The summed E-state index contributed by atoms with van der Waals surface area (Å²) in [5, 5.41) is 5.76. The minimum Gasteiger partial charge on any atom is -0.481 e. The van der Waals surface area contributed by atoms with E-state index in [0.717, 1.165) is 12.1 Å². The van der Waals surface area contributed by atoms with Crippen LogP contribution in [0.25, 0.3) is 0 Å². The molecule has 6 heteroatoms. The summed E-state index contributed by atoms with van der Waals surface area (Å²) in [5.74, 6) is 0.492. The van der Waals surface area contributed by atoms with Gasteiger partial charge < -0.3 is 20.1 Å². The number of hydrogen-bond acceptors (Lipinski definition) is 5. The molecular weight excluding hydrogens is 234 g/mol. The number of anilines is 1. The third-order valence-electron chi connectivity index (χ3n) is 2.25. The van der Waals surface area contributed by atoms with Crippen LogP contribution in [-0.2, 0) is 9.53 Å². The normalized spacial score (nSPS) is 9.89. The molecule has 0 radical (unpaired) electrons. The average Bonchev–Trinajstić information content (AvgIpc) is 2.42. The van der Waals surface area contributed by atoms with Crippen molar-refractivity contribution in [1.82, 2.24) is 10.3 Å². The van der Waals surface area contributed by atoms with Crippen LogP contribution in [0.3, 0.4) is 0 Å². The van der Waals surface area contributed by atoms with Crippen LogP contribution in [0.15, 0.2) is 18.3 Å². The zero-order valence-corrected chi connectivity index (χ0v) is 10.7. The minimum atomic E-state index is -0.0538. The third kappa shape index (κ3) is 5.49. The summed E-state index contributed by atoms with van der Waals surface area (Å²) in [5.41, 5.74) is 0.780. The Kier molecular flexibility index (Phi) is 6.56. The highest BCUT2D eigenvalue weighted by molar-refractivity contribution is 5.80. The van der Waals surface area contributed by atoms with Crippen molar-refractivity contribution in [3.63, 3.8) is 0 Å². The first-order valence-electron chi connectivity index (χ1n) is 5.76. The number of carbonyl (C=O) groups is 1. The number of methoxy groups -OCH3 is 2. The van der Waals surface area contributed by atoms with Crippen LogP contribution in [0.2, 0.25) is 0 Å². The molecule has 0 bridgehead atoms. The van der Waals surface area contributed by atoms with Crippen LogP contribution in [0.4, 0.5) is 5.69 Å². The highest BCUT2D eigenvalue weighted by Crippen LogP contribution is 2.10. The number of ether oxygens (including phenoxy) is 2. The van der Waals surface area contributed by atoms with Crippen molar-refractivity contribution in [2.24, 2.45) is 0 Å². The van der Waals surface area contributed by atoms with Crippen LogP contribution in [-0.4, -0.2) is 44.8 Å². The van der Waals surface area contributed by atoms with Crippen LogP contribution in [0.5, 0.6) is 5.88 Å². The topological polar surface area (TPSA) is 72.5 Å². The van der Waals surface area contributed by atoms with Gasteiger partial charge in [0.05, 0.1) is 25.5 Å². The molecule has 0 saturated carbocycles. The molecule has 0 spiro atoms. The largest absolute Gasteiger partial charge is 0.481 e. The molecule has 2 N–H and O–H groups in total. The quantitative estimate of drug-likeness (QED) is 0.666. The number of nitrogens with one attached hydrogen (secondary N) is 2. The molecular formula is C12H19N3O3. The number of rotatable bonds is 8. The SMILES string of the molecule is COCCCNC(=O)CNc1ccc(OC)nc1. The number of amides is 1. The fraction of sp³-hybridized carbons (Fsp3) is 0.500. The molecule has 1 rings (SSSR count). The maximum absolute atomic E-state index is 11.4. The Bertz CT molecular complexity index is 354. The monoisotopic (exact) mass is 253 g/mol. The molecule has 1 heterocycles. The van der Waals surface area contributed by atoms with E-state index in [1.165, 1.54) is 0 Å². The van der Waals surface area contributed by atoms with Gasteiger partial charge in [0.25, 0.3) is 0 Å². The number of hydrogen-bond donors (Lipinski definition) is 2. The lowest BCUT2D eigenvalue weighted by Gasteiger charge is -2.07. The minimum absolute atomic E-state index is 0.0538. The fourth-order valence-corrected chi connectivity index (χ4v) is 1.29. The molecule has 0 fully saturated rings. The van der Waals surface area contributed by atoms with Gasteiger partial charge in [-0.2, -0.15) is 0 Å². The van der Waals surface area contributed by atoms with Crippen molar-refractivity contribution < 1.29 is 14.3 Å². The zero-order valence-electron chi connectivity index (χ0n) is 10.7. The van der Waals surface area contributed by atoms with E-state index in [0.29, 0.717) is 19.0 Å². The van der Waals surface area contributed by atoms with Crippen LogP contribution in [0, 0.1) is 0 Å². The van der Waals surface area contributed by atoms with Gasteiger partial charge in [-0.3, -0.25) is 4.79 Å². The summed E-state index contributed by atoms with van der Waals surface area (Å²) >= 11 is 0. The molecule has 1 aromatic rings. The van der Waals surface area contributed by atoms with Gasteiger partial charge in [0.15, 0.2) is 0 Å². The van der Waals surface area contributed by atoms with Crippen molar-refractivity contribution in [1.29, 1.82) is 0 Å². The molecule has 0 unspecified atom stereocenters. The molecule has 0 aliphatic rings. The number of aromatic nitrogens is 1. The lowest BCUT2D eigenvalue weighted by atomic mass is 10.4. The summed E-state index contributed by atoms with van der Waals surface area (Å²) in [7, 11) is 3.20. The Morgan fingerprint density at radius 1 is 1.39 bits per heavy atom. The van der Waals surface area contributed by atoms with Gasteiger partial charge in [-0.05, 0) is 12.5 Å². The van der Waals surface area contributed by atoms with E-state index >= 15 is 0 Å². The Balaban J connectivity index is 2.20. The highest BCUT2D eigenvalue weighted by atomic mass is 16.5. The van der Waals surface area contributed by atoms with E-state index in [-0.39, 0.29) is 12.5 Å². The van der Waals surface area contributed by atoms with Crippen LogP contribution in [0.1, 0.15) is 6.42 Å². The zero-order chi connectivity index (χ0) is 13.2. The molecule has 0 saturated heterocycles. The van der Waals surface area contributed by atoms with E-state index in [1.807, 2.05) is 6.07 Å². The van der Waals surface area contributed by atoms with E-state index < -0.39 is 0 Å². The van der Waals surface area contributed by atoms with E-state index in [9.17, 15) is 4.79 Å². The lowest BCUT2D eigenvalue weighted by Crippen LogP contribution is -2.31. The average molecular weight is 253 g/mol. The first kappa shape index (κ1) is 14.2. The van der Waals surface area contributed by atoms with Gasteiger partial charge >= 0.3 is 0 Å². The number of nitrogens with zero attached hydrogens (tertiary/aromatic N) is 1. The predicted molar refractivity (Wildman–Crippen MR) is 68.8 cm³/mol. The molecule has 18 heavy (non-hydrogen) atoms. The van der Waals surface area contributed by atoms with Crippen molar-refractivity contribution in [3.05, 3.63) is 18.3 Å². The second-order valence-electron chi connectivity index (χ2n) is 3.64. The maximum Gasteiger partial charge on any atom is 0.239 e. The van der Waals surface area contributed by atoms with Crippen molar-refractivity contribution in [2.45, 2.75) is 6.42 Å². The van der Waals surface area contributed by atoms with Crippen molar-refractivity contribution in [3.8, 4) is 5.88 Å². The molecule has 1 amide bonds. The second kappa shape index (κ2) is 8.30. The summed E-state index contributed by atoms with van der Waals surface area (Å²) in [6, 6.07) is 3.54.